The van der Waals surface area contributed by atoms with Crippen molar-refractivity contribution in [3.8, 4) is 5.75 Å². The lowest BCUT2D eigenvalue weighted by Gasteiger charge is -2.15. The molecule has 0 aromatic heterocycles. The molecule has 19 heavy (non-hydrogen) atoms. The van der Waals surface area contributed by atoms with E-state index in [1.165, 1.54) is 12.1 Å². The molecule has 0 aliphatic heterocycles. The Morgan fingerprint density at radius 2 is 2.05 bits per heavy atom. The van der Waals surface area contributed by atoms with E-state index >= 15 is 0 Å². The van der Waals surface area contributed by atoms with Gasteiger partial charge in [0.1, 0.15) is 18.5 Å². The number of carboxylic acids is 1. The minimum atomic E-state index is -1.03. The number of halogens is 1. The molecule has 0 aliphatic rings. The predicted octanol–water partition coefficient (Wildman–Crippen LogP) is 2.31. The SMILES string of the molecule is CC(C)OCC(O)COc1cc(C(=O)O)ccc1Br. The van der Waals surface area contributed by atoms with Crippen molar-refractivity contribution >= 4 is 21.9 Å². The van der Waals surface area contributed by atoms with Crippen LogP contribution in [0.2, 0.25) is 0 Å². The van der Waals surface area contributed by atoms with E-state index in [0.29, 0.717) is 10.2 Å². The average Bonchev–Trinajstić information content (AvgIpc) is 2.35. The second-order valence-corrected chi connectivity index (χ2v) is 5.15. The average molecular weight is 333 g/mol. The van der Waals surface area contributed by atoms with Crippen molar-refractivity contribution in [2.75, 3.05) is 13.2 Å². The lowest BCUT2D eigenvalue weighted by atomic mass is 10.2. The Bertz CT molecular complexity index is 433. The molecule has 5 nitrogen and oxygen atoms in total. The molecule has 0 saturated carbocycles. The molecule has 0 aliphatic carbocycles. The smallest absolute Gasteiger partial charge is 0.335 e. The standard InChI is InChI=1S/C13H17BrO5/c1-8(2)18-6-10(15)7-19-12-5-9(13(16)17)3-4-11(12)14/h3-5,8,10,15H,6-7H2,1-2H3,(H,16,17). The van der Waals surface area contributed by atoms with Crippen LogP contribution in [-0.4, -0.2) is 41.6 Å². The van der Waals surface area contributed by atoms with Gasteiger partial charge in [0.05, 0.1) is 22.7 Å². The number of benzene rings is 1. The van der Waals surface area contributed by atoms with Gasteiger partial charge in [-0.3, -0.25) is 0 Å². The van der Waals surface area contributed by atoms with Crippen LogP contribution in [0.5, 0.6) is 5.75 Å². The van der Waals surface area contributed by atoms with Gasteiger partial charge in [-0.15, -0.1) is 0 Å². The summed E-state index contributed by atoms with van der Waals surface area (Å²) in [7, 11) is 0. The molecule has 0 bridgehead atoms. The molecular formula is C13H17BrO5. The molecule has 0 amide bonds. The molecular weight excluding hydrogens is 316 g/mol. The van der Waals surface area contributed by atoms with E-state index in [0.717, 1.165) is 0 Å². The maximum atomic E-state index is 10.8. The molecule has 1 unspecified atom stereocenters. The normalized spacial score (nSPS) is 12.5. The first-order chi connectivity index (χ1) is 8.90. The third-order valence-electron chi connectivity index (χ3n) is 2.23. The molecule has 1 atom stereocenters. The molecule has 1 aromatic rings. The van der Waals surface area contributed by atoms with Gasteiger partial charge in [0.2, 0.25) is 0 Å². The highest BCUT2D eigenvalue weighted by Gasteiger charge is 2.11. The second kappa shape index (κ2) is 7.47. The van der Waals surface area contributed by atoms with E-state index in [-0.39, 0.29) is 24.9 Å². The van der Waals surface area contributed by atoms with Gasteiger partial charge in [-0.25, -0.2) is 4.79 Å². The Hall–Kier alpha value is -1.11. The monoisotopic (exact) mass is 332 g/mol. The van der Waals surface area contributed by atoms with Crippen molar-refractivity contribution < 1.29 is 24.5 Å². The largest absolute Gasteiger partial charge is 0.490 e. The van der Waals surface area contributed by atoms with Gasteiger partial charge < -0.3 is 19.7 Å². The molecule has 6 heteroatoms. The Balaban J connectivity index is 2.57. The third kappa shape index (κ3) is 5.59. The second-order valence-electron chi connectivity index (χ2n) is 4.30. The van der Waals surface area contributed by atoms with E-state index in [1.807, 2.05) is 13.8 Å². The molecule has 0 radical (unpaired) electrons. The highest BCUT2D eigenvalue weighted by molar-refractivity contribution is 9.10. The molecule has 2 N–H and O–H groups in total. The number of hydrogen-bond donors (Lipinski definition) is 2. The Kier molecular flexibility index (Phi) is 6.27. The number of aromatic carboxylic acids is 1. The molecule has 1 rings (SSSR count). The predicted molar refractivity (Wildman–Crippen MR) is 73.7 cm³/mol. The molecule has 1 aromatic carbocycles. The van der Waals surface area contributed by atoms with Gasteiger partial charge in [-0.2, -0.15) is 0 Å². The van der Waals surface area contributed by atoms with Crippen LogP contribution < -0.4 is 4.74 Å². The molecule has 0 fully saturated rings. The van der Waals surface area contributed by atoms with Crippen molar-refractivity contribution in [3.63, 3.8) is 0 Å². The first-order valence-electron chi connectivity index (χ1n) is 5.85. The Morgan fingerprint density at radius 3 is 2.63 bits per heavy atom. The summed E-state index contributed by atoms with van der Waals surface area (Å²) in [4.78, 5) is 10.8. The first kappa shape index (κ1) is 15.9. The molecule has 0 spiro atoms. The van der Waals surface area contributed by atoms with Crippen LogP contribution in [-0.2, 0) is 4.74 Å². The Labute approximate surface area is 120 Å². The summed E-state index contributed by atoms with van der Waals surface area (Å²) >= 11 is 3.26. The van der Waals surface area contributed by atoms with Gasteiger partial charge in [-0.1, -0.05) is 0 Å². The van der Waals surface area contributed by atoms with Gasteiger partial charge in [0.25, 0.3) is 0 Å². The summed E-state index contributed by atoms with van der Waals surface area (Å²) in [5, 5.41) is 18.5. The van der Waals surface area contributed by atoms with E-state index in [9.17, 15) is 9.90 Å². The lowest BCUT2D eigenvalue weighted by molar-refractivity contribution is -0.0124. The maximum Gasteiger partial charge on any atom is 0.335 e. The van der Waals surface area contributed by atoms with Crippen molar-refractivity contribution in [1.82, 2.24) is 0 Å². The summed E-state index contributed by atoms with van der Waals surface area (Å²) in [6.07, 6.45) is -0.723. The third-order valence-corrected chi connectivity index (χ3v) is 2.89. The molecule has 0 heterocycles. The van der Waals surface area contributed by atoms with Gasteiger partial charge >= 0.3 is 5.97 Å². The fourth-order valence-corrected chi connectivity index (χ4v) is 1.65. The number of carboxylic acid groups (broad SMARTS) is 1. The van der Waals surface area contributed by atoms with Crippen molar-refractivity contribution in [3.05, 3.63) is 28.2 Å². The summed E-state index contributed by atoms with van der Waals surface area (Å²) in [6, 6.07) is 4.47. The van der Waals surface area contributed by atoms with E-state index in [2.05, 4.69) is 15.9 Å². The van der Waals surface area contributed by atoms with Crippen LogP contribution in [0.25, 0.3) is 0 Å². The first-order valence-corrected chi connectivity index (χ1v) is 6.64. The minimum absolute atomic E-state index is 0.0361. The zero-order chi connectivity index (χ0) is 14.4. The summed E-state index contributed by atoms with van der Waals surface area (Å²) in [5.41, 5.74) is 0.131. The number of rotatable bonds is 7. The number of hydrogen-bond acceptors (Lipinski definition) is 4. The van der Waals surface area contributed by atoms with E-state index < -0.39 is 12.1 Å². The van der Waals surface area contributed by atoms with Crippen LogP contribution in [0, 0.1) is 0 Å². The van der Waals surface area contributed by atoms with Crippen LogP contribution in [0.4, 0.5) is 0 Å². The highest BCUT2D eigenvalue weighted by Crippen LogP contribution is 2.26. The highest BCUT2D eigenvalue weighted by atomic mass is 79.9. The topological polar surface area (TPSA) is 76.0 Å². The maximum absolute atomic E-state index is 10.8. The fraction of sp³-hybridized carbons (Fsp3) is 0.462. The van der Waals surface area contributed by atoms with Crippen LogP contribution in [0.1, 0.15) is 24.2 Å². The number of carbonyl (C=O) groups is 1. The van der Waals surface area contributed by atoms with Gasteiger partial charge in [-0.05, 0) is 48.0 Å². The quantitative estimate of drug-likeness (QED) is 0.801. The lowest BCUT2D eigenvalue weighted by Crippen LogP contribution is -2.25. The van der Waals surface area contributed by atoms with Gasteiger partial charge in [0.15, 0.2) is 0 Å². The molecule has 0 saturated heterocycles. The summed E-state index contributed by atoms with van der Waals surface area (Å²) < 4.78 is 11.3. The van der Waals surface area contributed by atoms with Crippen molar-refractivity contribution in [2.24, 2.45) is 0 Å². The fourth-order valence-electron chi connectivity index (χ4n) is 1.28. The van der Waals surface area contributed by atoms with Crippen molar-refractivity contribution in [1.29, 1.82) is 0 Å². The minimum Gasteiger partial charge on any atom is -0.490 e. The Morgan fingerprint density at radius 1 is 1.37 bits per heavy atom. The van der Waals surface area contributed by atoms with Crippen LogP contribution in [0.3, 0.4) is 0 Å². The number of aliphatic hydroxyl groups is 1. The number of ether oxygens (including phenoxy) is 2. The van der Waals surface area contributed by atoms with Gasteiger partial charge in [0, 0.05) is 0 Å². The summed E-state index contributed by atoms with van der Waals surface area (Å²) in [5.74, 6) is -0.649. The van der Waals surface area contributed by atoms with E-state index in [4.69, 9.17) is 14.6 Å². The zero-order valence-corrected chi connectivity index (χ0v) is 12.4. The zero-order valence-electron chi connectivity index (χ0n) is 10.8. The van der Waals surface area contributed by atoms with Crippen molar-refractivity contribution in [2.45, 2.75) is 26.1 Å². The van der Waals surface area contributed by atoms with E-state index in [1.54, 1.807) is 6.07 Å². The summed E-state index contributed by atoms with van der Waals surface area (Å²) in [6.45, 7) is 3.96. The molecule has 106 valence electrons. The van der Waals surface area contributed by atoms with Crippen LogP contribution in [0.15, 0.2) is 22.7 Å². The van der Waals surface area contributed by atoms with Crippen LogP contribution >= 0.6 is 15.9 Å². The number of aliphatic hydroxyl groups excluding tert-OH is 1.